The number of hydrogen-bond acceptors (Lipinski definition) is 4. The summed E-state index contributed by atoms with van der Waals surface area (Å²) in [5.41, 5.74) is 2.21. The summed E-state index contributed by atoms with van der Waals surface area (Å²) in [4.78, 5) is 13.2. The van der Waals surface area contributed by atoms with E-state index in [0.717, 1.165) is 15.9 Å². The molecule has 0 aliphatic heterocycles. The Morgan fingerprint density at radius 2 is 1.80 bits per heavy atom. The van der Waals surface area contributed by atoms with Crippen LogP contribution in [-0.2, 0) is 0 Å². The summed E-state index contributed by atoms with van der Waals surface area (Å²) in [5.74, 6) is 0.620. The van der Waals surface area contributed by atoms with Crippen LogP contribution in [0.3, 0.4) is 0 Å². The number of nitrogens with zero attached hydrogens (tertiary/aromatic N) is 3. The quantitative estimate of drug-likeness (QED) is 0.641. The lowest BCUT2D eigenvalue weighted by Gasteiger charge is -2.17. The van der Waals surface area contributed by atoms with Gasteiger partial charge in [-0.25, -0.2) is 4.98 Å². The van der Waals surface area contributed by atoms with Crippen molar-refractivity contribution >= 4 is 44.8 Å². The summed E-state index contributed by atoms with van der Waals surface area (Å²) in [6, 6.07) is 10.0. The first-order valence-corrected chi connectivity index (χ1v) is 7.49. The average Bonchev–Trinajstić information content (AvgIpc) is 2.74. The Bertz CT molecular complexity index is 768. The van der Waals surface area contributed by atoms with E-state index in [1.165, 1.54) is 10.4 Å². The first-order chi connectivity index (χ1) is 9.58. The van der Waals surface area contributed by atoms with Crippen molar-refractivity contribution in [3.8, 4) is 0 Å². The number of halogens is 1. The number of aryl methyl sites for hydroxylation is 2. The molecule has 2 aromatic heterocycles. The van der Waals surface area contributed by atoms with E-state index in [0.29, 0.717) is 11.1 Å². The molecule has 102 valence electrons. The van der Waals surface area contributed by atoms with Gasteiger partial charge in [0.2, 0.25) is 5.95 Å². The highest BCUT2D eigenvalue weighted by Crippen LogP contribution is 2.35. The maximum atomic E-state index is 6.34. The van der Waals surface area contributed by atoms with Crippen molar-refractivity contribution < 1.29 is 0 Å². The van der Waals surface area contributed by atoms with Gasteiger partial charge in [0.15, 0.2) is 0 Å². The Balaban J connectivity index is 2.14. The van der Waals surface area contributed by atoms with Crippen LogP contribution in [0.1, 0.15) is 10.4 Å². The number of benzene rings is 1. The van der Waals surface area contributed by atoms with E-state index in [1.807, 2.05) is 42.3 Å². The van der Waals surface area contributed by atoms with Crippen LogP contribution in [0.25, 0.3) is 10.2 Å². The molecule has 0 saturated carbocycles. The number of fused-ring (bicyclic) bond motifs is 1. The fraction of sp³-hybridized carbons (Fsp3) is 0.200. The van der Waals surface area contributed by atoms with Crippen molar-refractivity contribution in [1.29, 1.82) is 0 Å². The van der Waals surface area contributed by atoms with E-state index in [9.17, 15) is 0 Å². The normalized spacial score (nSPS) is 11.0. The van der Waals surface area contributed by atoms with E-state index in [-0.39, 0.29) is 0 Å². The van der Waals surface area contributed by atoms with Crippen LogP contribution in [0, 0.1) is 13.8 Å². The van der Waals surface area contributed by atoms with Gasteiger partial charge in [-0.2, -0.15) is 4.98 Å². The van der Waals surface area contributed by atoms with Crippen molar-refractivity contribution in [2.24, 2.45) is 0 Å². The van der Waals surface area contributed by atoms with Crippen LogP contribution >= 0.6 is 22.9 Å². The molecule has 3 aromatic rings. The summed E-state index contributed by atoms with van der Waals surface area (Å²) in [5, 5.41) is 1.49. The minimum absolute atomic E-state index is 0.523. The fourth-order valence-corrected chi connectivity index (χ4v) is 3.49. The Kier molecular flexibility index (Phi) is 3.36. The Hall–Kier alpha value is -1.65. The lowest BCUT2D eigenvalue weighted by Crippen LogP contribution is -2.12. The molecule has 0 unspecified atom stereocenters. The van der Waals surface area contributed by atoms with Gasteiger partial charge < -0.3 is 4.90 Å². The average molecular weight is 304 g/mol. The first kappa shape index (κ1) is 13.3. The summed E-state index contributed by atoms with van der Waals surface area (Å²) >= 11 is 8.00. The number of thiophene rings is 1. The Morgan fingerprint density at radius 1 is 1.10 bits per heavy atom. The van der Waals surface area contributed by atoms with Crippen molar-refractivity contribution in [3.63, 3.8) is 0 Å². The first-order valence-electron chi connectivity index (χ1n) is 6.30. The third-order valence-corrected chi connectivity index (χ3v) is 4.79. The maximum Gasteiger partial charge on any atom is 0.232 e. The maximum absolute atomic E-state index is 6.34. The van der Waals surface area contributed by atoms with Crippen molar-refractivity contribution in [2.75, 3.05) is 11.9 Å². The second-order valence-electron chi connectivity index (χ2n) is 4.67. The zero-order valence-electron chi connectivity index (χ0n) is 11.5. The fourth-order valence-electron chi connectivity index (χ4n) is 2.11. The van der Waals surface area contributed by atoms with Gasteiger partial charge >= 0.3 is 0 Å². The summed E-state index contributed by atoms with van der Waals surface area (Å²) in [6.45, 7) is 4.14. The highest BCUT2D eigenvalue weighted by molar-refractivity contribution is 7.18. The predicted molar refractivity (Wildman–Crippen MR) is 86.4 cm³/mol. The monoisotopic (exact) mass is 303 g/mol. The molecule has 0 aliphatic carbocycles. The van der Waals surface area contributed by atoms with Crippen LogP contribution in [0.4, 0.5) is 11.6 Å². The molecule has 0 radical (unpaired) electrons. The third kappa shape index (κ3) is 2.15. The number of aromatic nitrogens is 2. The van der Waals surface area contributed by atoms with Gasteiger partial charge in [0, 0.05) is 17.6 Å². The zero-order chi connectivity index (χ0) is 14.3. The van der Waals surface area contributed by atoms with E-state index in [2.05, 4.69) is 23.8 Å². The molecule has 0 saturated heterocycles. The Labute approximate surface area is 126 Å². The number of hydrogen-bond donors (Lipinski definition) is 0. The molecule has 0 fully saturated rings. The standard InChI is InChI=1S/C15H14ClN3S/c1-9-10(2)20-14-12(9)13(16)17-15(18-14)19(3)11-7-5-4-6-8-11/h4-8H,1-3H3. The third-order valence-electron chi connectivity index (χ3n) is 3.42. The largest absolute Gasteiger partial charge is 0.314 e. The summed E-state index contributed by atoms with van der Waals surface area (Å²) in [7, 11) is 1.94. The molecule has 0 spiro atoms. The van der Waals surface area contributed by atoms with Crippen molar-refractivity contribution in [2.45, 2.75) is 13.8 Å². The second-order valence-corrected chi connectivity index (χ2v) is 6.23. The molecule has 20 heavy (non-hydrogen) atoms. The molecule has 0 N–H and O–H groups in total. The van der Waals surface area contributed by atoms with E-state index in [4.69, 9.17) is 11.6 Å². The van der Waals surface area contributed by atoms with Gasteiger partial charge in [-0.1, -0.05) is 29.8 Å². The Morgan fingerprint density at radius 3 is 2.50 bits per heavy atom. The molecule has 3 rings (SSSR count). The van der Waals surface area contributed by atoms with Gasteiger partial charge in [0.05, 0.1) is 5.39 Å². The minimum Gasteiger partial charge on any atom is -0.314 e. The lowest BCUT2D eigenvalue weighted by molar-refractivity contribution is 1.07. The van der Waals surface area contributed by atoms with Gasteiger partial charge in [0.1, 0.15) is 9.98 Å². The molecule has 1 aromatic carbocycles. The minimum atomic E-state index is 0.523. The smallest absolute Gasteiger partial charge is 0.232 e. The molecule has 0 atom stereocenters. The topological polar surface area (TPSA) is 29.0 Å². The van der Waals surface area contributed by atoms with Gasteiger partial charge in [0.25, 0.3) is 0 Å². The van der Waals surface area contributed by atoms with Gasteiger partial charge in [-0.05, 0) is 31.5 Å². The molecule has 0 aliphatic rings. The molecule has 5 heteroatoms. The van der Waals surface area contributed by atoms with Gasteiger partial charge in [-0.15, -0.1) is 11.3 Å². The molecule has 2 heterocycles. The van der Waals surface area contributed by atoms with Crippen LogP contribution in [0.5, 0.6) is 0 Å². The molecule has 0 amide bonds. The highest BCUT2D eigenvalue weighted by atomic mass is 35.5. The van der Waals surface area contributed by atoms with Crippen LogP contribution in [-0.4, -0.2) is 17.0 Å². The van der Waals surface area contributed by atoms with E-state index in [1.54, 1.807) is 11.3 Å². The molecule has 3 nitrogen and oxygen atoms in total. The highest BCUT2D eigenvalue weighted by Gasteiger charge is 2.15. The summed E-state index contributed by atoms with van der Waals surface area (Å²) < 4.78 is 0. The lowest BCUT2D eigenvalue weighted by atomic mass is 10.2. The van der Waals surface area contributed by atoms with Gasteiger partial charge in [-0.3, -0.25) is 0 Å². The van der Waals surface area contributed by atoms with Crippen LogP contribution in [0.15, 0.2) is 30.3 Å². The van der Waals surface area contributed by atoms with E-state index >= 15 is 0 Å². The molecule has 0 bridgehead atoms. The van der Waals surface area contributed by atoms with E-state index < -0.39 is 0 Å². The van der Waals surface area contributed by atoms with Crippen molar-refractivity contribution in [3.05, 3.63) is 45.9 Å². The number of anilines is 2. The predicted octanol–water partition coefficient (Wildman–Crippen LogP) is 4.73. The van der Waals surface area contributed by atoms with Crippen LogP contribution in [0.2, 0.25) is 5.15 Å². The zero-order valence-corrected chi connectivity index (χ0v) is 13.1. The van der Waals surface area contributed by atoms with Crippen molar-refractivity contribution in [1.82, 2.24) is 9.97 Å². The van der Waals surface area contributed by atoms with Crippen LogP contribution < -0.4 is 4.90 Å². The second kappa shape index (κ2) is 5.04. The number of rotatable bonds is 2. The summed E-state index contributed by atoms with van der Waals surface area (Å²) in [6.07, 6.45) is 0. The number of para-hydroxylation sites is 1. The SMILES string of the molecule is Cc1sc2nc(N(C)c3ccccc3)nc(Cl)c2c1C. The molecular weight excluding hydrogens is 290 g/mol. The molecular formula is C15H14ClN3S.